The molecule has 1 aliphatic rings. The van der Waals surface area contributed by atoms with Crippen LogP contribution in [-0.4, -0.2) is 76.6 Å². The molecule has 136 valence electrons. The summed E-state index contributed by atoms with van der Waals surface area (Å²) in [4.78, 5) is 24.0. The van der Waals surface area contributed by atoms with E-state index in [4.69, 9.17) is 10.5 Å². The molecule has 1 aliphatic heterocycles. The molecule has 0 aliphatic carbocycles. The quantitative estimate of drug-likeness (QED) is 0.255. The van der Waals surface area contributed by atoms with E-state index < -0.39 is 31.1 Å². The molecule has 10 nitrogen and oxygen atoms in total. The summed E-state index contributed by atoms with van der Waals surface area (Å²) in [6.45, 7) is -0.436. The van der Waals surface area contributed by atoms with Gasteiger partial charge in [0, 0.05) is 0 Å². The predicted octanol–water partition coefficient (Wildman–Crippen LogP) is -0.924. The van der Waals surface area contributed by atoms with Gasteiger partial charge in [0.15, 0.2) is 28.6 Å². The Morgan fingerprint density at radius 1 is 1.40 bits per heavy atom. The molecule has 1 fully saturated rings. The molecule has 0 bridgehead atoms. The number of hydrogen-bond donors (Lipinski definition) is 4. The molecule has 0 amide bonds. The molecule has 2 aromatic heterocycles. The number of nitrogens with two attached hydrogens (primary N) is 1. The Bertz CT molecular complexity index is 790. The molecule has 1 saturated heterocycles. The van der Waals surface area contributed by atoms with Crippen LogP contribution in [0.3, 0.4) is 0 Å². The van der Waals surface area contributed by atoms with E-state index in [2.05, 4.69) is 30.9 Å². The molecule has 3 heterocycles. The van der Waals surface area contributed by atoms with E-state index in [0.717, 1.165) is 11.8 Å². The Labute approximate surface area is 154 Å². The van der Waals surface area contributed by atoms with Gasteiger partial charge in [-0.25, -0.2) is 15.0 Å². The SMILES string of the molecule is Nc1nc(SCC(=O)CBr)nc2c1ncn2[C@@H]1O[C@H](CO)[C@@H](O)[C@H]1O. The molecule has 2 aromatic rings. The highest BCUT2D eigenvalue weighted by molar-refractivity contribution is 9.09. The largest absolute Gasteiger partial charge is 0.394 e. The number of nitrogens with zero attached hydrogens (tertiary/aromatic N) is 4. The lowest BCUT2D eigenvalue weighted by Crippen LogP contribution is -2.33. The van der Waals surface area contributed by atoms with Gasteiger partial charge >= 0.3 is 0 Å². The van der Waals surface area contributed by atoms with Gasteiger partial charge in [0.25, 0.3) is 0 Å². The van der Waals surface area contributed by atoms with Crippen molar-refractivity contribution in [2.24, 2.45) is 0 Å². The lowest BCUT2D eigenvalue weighted by Gasteiger charge is -2.16. The molecule has 5 N–H and O–H groups in total. The number of ketones is 1. The smallest absolute Gasteiger partial charge is 0.192 e. The first-order valence-electron chi connectivity index (χ1n) is 7.29. The van der Waals surface area contributed by atoms with Crippen LogP contribution in [0.25, 0.3) is 11.2 Å². The van der Waals surface area contributed by atoms with E-state index in [0.29, 0.717) is 11.2 Å². The first-order chi connectivity index (χ1) is 12.0. The number of carbonyl (C=O) groups excluding carboxylic acids is 1. The summed E-state index contributed by atoms with van der Waals surface area (Å²) in [5.74, 6) is 0.284. The minimum absolute atomic E-state index is 0.0239. The van der Waals surface area contributed by atoms with Crippen molar-refractivity contribution in [3.8, 4) is 0 Å². The van der Waals surface area contributed by atoms with Crippen LogP contribution in [0.5, 0.6) is 0 Å². The number of imidazole rings is 1. The fourth-order valence-corrected chi connectivity index (χ4v) is 3.63. The lowest BCUT2D eigenvalue weighted by atomic mass is 10.1. The molecule has 4 atom stereocenters. The third-order valence-electron chi connectivity index (χ3n) is 3.73. The molecule has 12 heteroatoms. The van der Waals surface area contributed by atoms with Gasteiger partial charge in [-0.2, -0.15) is 0 Å². The van der Waals surface area contributed by atoms with E-state index in [1.54, 1.807) is 0 Å². The normalized spacial score (nSPS) is 26.4. The van der Waals surface area contributed by atoms with Gasteiger partial charge < -0.3 is 25.8 Å². The number of halogens is 1. The first-order valence-corrected chi connectivity index (χ1v) is 9.40. The van der Waals surface area contributed by atoms with Crippen LogP contribution in [0, 0.1) is 0 Å². The Morgan fingerprint density at radius 3 is 2.80 bits per heavy atom. The van der Waals surface area contributed by atoms with E-state index >= 15 is 0 Å². The van der Waals surface area contributed by atoms with Gasteiger partial charge in [0.2, 0.25) is 0 Å². The number of carbonyl (C=O) groups is 1. The molecule has 25 heavy (non-hydrogen) atoms. The first kappa shape index (κ1) is 18.5. The Hall–Kier alpha value is -1.31. The van der Waals surface area contributed by atoms with Crippen molar-refractivity contribution in [3.63, 3.8) is 0 Å². The van der Waals surface area contributed by atoms with Crippen molar-refractivity contribution in [1.29, 1.82) is 0 Å². The lowest BCUT2D eigenvalue weighted by molar-refractivity contribution is -0.114. The van der Waals surface area contributed by atoms with Gasteiger partial charge in [-0.05, 0) is 0 Å². The number of rotatable bonds is 6. The standard InChI is InChI=1S/C13H16BrN5O5S/c14-1-5(21)3-25-13-17-10(15)7-11(18-13)19(4-16-7)12-9(23)8(22)6(2-20)24-12/h4,6,8-9,12,20,22-23H,1-3H2,(H2,15,17,18)/t6-,8-,9-,12-/m1/s1. The van der Waals surface area contributed by atoms with Crippen LogP contribution in [0.4, 0.5) is 5.82 Å². The number of fused-ring (bicyclic) bond motifs is 1. The highest BCUT2D eigenvalue weighted by Gasteiger charge is 2.44. The van der Waals surface area contributed by atoms with Crippen molar-refractivity contribution in [2.45, 2.75) is 29.7 Å². The van der Waals surface area contributed by atoms with Gasteiger partial charge in [-0.3, -0.25) is 9.36 Å². The van der Waals surface area contributed by atoms with Crippen molar-refractivity contribution < 1.29 is 24.9 Å². The highest BCUT2D eigenvalue weighted by atomic mass is 79.9. The summed E-state index contributed by atoms with van der Waals surface area (Å²) in [5.41, 5.74) is 6.51. The zero-order chi connectivity index (χ0) is 18.1. The Morgan fingerprint density at radius 2 is 2.16 bits per heavy atom. The van der Waals surface area contributed by atoms with Crippen LogP contribution in [0.2, 0.25) is 0 Å². The van der Waals surface area contributed by atoms with Crippen LogP contribution < -0.4 is 5.73 Å². The summed E-state index contributed by atoms with van der Waals surface area (Å²) in [7, 11) is 0. The summed E-state index contributed by atoms with van der Waals surface area (Å²) in [5, 5.41) is 29.8. The molecule has 0 unspecified atom stereocenters. The maximum atomic E-state index is 11.4. The van der Waals surface area contributed by atoms with Crippen molar-refractivity contribution in [3.05, 3.63) is 6.33 Å². The number of Topliss-reactive ketones (excluding diaryl/α,β-unsaturated/α-hetero) is 1. The Balaban J connectivity index is 1.94. The zero-order valence-electron chi connectivity index (χ0n) is 12.8. The van der Waals surface area contributed by atoms with Gasteiger partial charge in [0.05, 0.1) is 24.0 Å². The van der Waals surface area contributed by atoms with E-state index in [9.17, 15) is 20.1 Å². The second-order valence-electron chi connectivity index (χ2n) is 5.41. The molecule has 0 radical (unpaired) electrons. The zero-order valence-corrected chi connectivity index (χ0v) is 15.2. The van der Waals surface area contributed by atoms with E-state index in [-0.39, 0.29) is 27.8 Å². The van der Waals surface area contributed by atoms with Crippen LogP contribution in [0.1, 0.15) is 6.23 Å². The highest BCUT2D eigenvalue weighted by Crippen LogP contribution is 2.32. The van der Waals surface area contributed by atoms with Crippen LogP contribution in [-0.2, 0) is 9.53 Å². The fraction of sp³-hybridized carbons (Fsp3) is 0.538. The number of hydrogen-bond acceptors (Lipinski definition) is 10. The number of nitrogen functional groups attached to an aromatic ring is 1. The number of aliphatic hydroxyl groups is 3. The van der Waals surface area contributed by atoms with Gasteiger partial charge in [-0.15, -0.1) is 0 Å². The fourth-order valence-electron chi connectivity index (χ4n) is 2.46. The molecule has 0 spiro atoms. The maximum Gasteiger partial charge on any atom is 0.192 e. The second-order valence-corrected chi connectivity index (χ2v) is 6.91. The van der Waals surface area contributed by atoms with Gasteiger partial charge in [0.1, 0.15) is 23.8 Å². The number of alkyl halides is 1. The molecular weight excluding hydrogens is 418 g/mol. The number of aliphatic hydroxyl groups excluding tert-OH is 3. The molecule has 3 rings (SSSR count). The monoisotopic (exact) mass is 433 g/mol. The molecule has 0 aromatic carbocycles. The number of ether oxygens (including phenoxy) is 1. The summed E-state index contributed by atoms with van der Waals surface area (Å²) >= 11 is 4.21. The maximum absolute atomic E-state index is 11.4. The second kappa shape index (κ2) is 7.51. The van der Waals surface area contributed by atoms with Crippen molar-refractivity contribution in [1.82, 2.24) is 19.5 Å². The third kappa shape index (κ3) is 3.50. The average molecular weight is 434 g/mol. The summed E-state index contributed by atoms with van der Waals surface area (Å²) < 4.78 is 6.91. The molecular formula is C13H16BrN5O5S. The van der Waals surface area contributed by atoms with Crippen LogP contribution >= 0.6 is 27.7 Å². The topological polar surface area (TPSA) is 157 Å². The van der Waals surface area contributed by atoms with Crippen LogP contribution in [0.15, 0.2) is 11.5 Å². The minimum atomic E-state index is -1.27. The Kier molecular flexibility index (Phi) is 5.55. The molecule has 0 saturated carbocycles. The number of aromatic nitrogens is 4. The van der Waals surface area contributed by atoms with E-state index in [1.165, 1.54) is 10.9 Å². The third-order valence-corrected chi connectivity index (χ3v) is 5.26. The average Bonchev–Trinajstić information content (AvgIpc) is 3.15. The number of thioether (sulfide) groups is 1. The van der Waals surface area contributed by atoms with Gasteiger partial charge in [-0.1, -0.05) is 27.7 Å². The van der Waals surface area contributed by atoms with Crippen molar-refractivity contribution >= 4 is 50.5 Å². The van der Waals surface area contributed by atoms with Crippen molar-refractivity contribution in [2.75, 3.05) is 23.4 Å². The number of anilines is 1. The summed E-state index contributed by atoms with van der Waals surface area (Å²) in [6.07, 6.45) is -3.03. The minimum Gasteiger partial charge on any atom is -0.394 e. The predicted molar refractivity (Wildman–Crippen MR) is 92.3 cm³/mol. The summed E-state index contributed by atoms with van der Waals surface area (Å²) in [6, 6.07) is 0. The van der Waals surface area contributed by atoms with E-state index in [1.807, 2.05) is 0 Å².